The number of ether oxygens (including phenoxy) is 1. The molecule has 0 radical (unpaired) electrons. The van der Waals surface area contributed by atoms with Gasteiger partial charge in [0.1, 0.15) is 6.04 Å². The summed E-state index contributed by atoms with van der Waals surface area (Å²) in [7, 11) is 1.42. The molecule has 6 nitrogen and oxygen atoms in total. The molecule has 1 aliphatic heterocycles. The quantitative estimate of drug-likeness (QED) is 0.667. The second kappa shape index (κ2) is 7.42. The Kier molecular flexibility index (Phi) is 4.81. The molecule has 0 spiro atoms. The highest BCUT2D eigenvalue weighted by molar-refractivity contribution is 5.79. The van der Waals surface area contributed by atoms with Gasteiger partial charge in [-0.25, -0.2) is 4.39 Å². The van der Waals surface area contributed by atoms with Gasteiger partial charge in [-0.05, 0) is 36.6 Å². The van der Waals surface area contributed by atoms with Crippen molar-refractivity contribution in [1.29, 1.82) is 0 Å². The van der Waals surface area contributed by atoms with Crippen LogP contribution in [-0.4, -0.2) is 28.1 Å². The van der Waals surface area contributed by atoms with Crippen LogP contribution in [0.3, 0.4) is 0 Å². The molecule has 1 fully saturated rings. The van der Waals surface area contributed by atoms with E-state index in [1.54, 1.807) is 17.0 Å². The Morgan fingerprint density at radius 1 is 1.29 bits per heavy atom. The molecule has 7 heteroatoms. The van der Waals surface area contributed by atoms with Crippen LogP contribution >= 0.6 is 0 Å². The van der Waals surface area contributed by atoms with Crippen LogP contribution in [0.5, 0.6) is 5.75 Å². The number of rotatable bonds is 5. The van der Waals surface area contributed by atoms with Crippen LogP contribution in [0.2, 0.25) is 0 Å². The summed E-state index contributed by atoms with van der Waals surface area (Å²) in [5.74, 6) is 0.605. The zero-order valence-electron chi connectivity index (χ0n) is 15.7. The highest BCUT2D eigenvalue weighted by Crippen LogP contribution is 2.34. The highest BCUT2D eigenvalue weighted by atomic mass is 19.1. The van der Waals surface area contributed by atoms with E-state index in [9.17, 15) is 9.18 Å². The number of nitrogens with zero attached hydrogens (tertiary/aromatic N) is 3. The van der Waals surface area contributed by atoms with Gasteiger partial charge in [-0.1, -0.05) is 35.5 Å². The largest absolute Gasteiger partial charge is 0.494 e. The Morgan fingerprint density at radius 3 is 2.86 bits per heavy atom. The van der Waals surface area contributed by atoms with Crippen LogP contribution in [0.4, 0.5) is 4.39 Å². The smallest absolute Gasteiger partial charge is 0.249 e. The minimum atomic E-state index is -0.456. The van der Waals surface area contributed by atoms with Crippen molar-refractivity contribution in [3.8, 4) is 17.1 Å². The molecule has 28 heavy (non-hydrogen) atoms. The van der Waals surface area contributed by atoms with Crippen LogP contribution in [0.1, 0.15) is 35.9 Å². The van der Waals surface area contributed by atoms with Crippen LogP contribution < -0.4 is 4.74 Å². The second-order valence-electron chi connectivity index (χ2n) is 6.82. The van der Waals surface area contributed by atoms with E-state index in [1.807, 2.05) is 31.2 Å². The van der Waals surface area contributed by atoms with Crippen LogP contribution in [0.25, 0.3) is 11.4 Å². The first-order chi connectivity index (χ1) is 13.6. The fourth-order valence-electron chi connectivity index (χ4n) is 3.50. The van der Waals surface area contributed by atoms with Crippen LogP contribution in [0.15, 0.2) is 47.0 Å². The minimum absolute atomic E-state index is 0.0168. The first-order valence-electron chi connectivity index (χ1n) is 9.08. The molecule has 1 atom stereocenters. The Balaban J connectivity index is 1.58. The number of halogens is 1. The zero-order valence-corrected chi connectivity index (χ0v) is 15.7. The van der Waals surface area contributed by atoms with Gasteiger partial charge in [0.2, 0.25) is 17.6 Å². The van der Waals surface area contributed by atoms with Crippen molar-refractivity contribution in [2.45, 2.75) is 32.4 Å². The van der Waals surface area contributed by atoms with E-state index in [4.69, 9.17) is 9.26 Å². The molecule has 3 aromatic rings. The van der Waals surface area contributed by atoms with Gasteiger partial charge < -0.3 is 14.2 Å². The lowest BCUT2D eigenvalue weighted by Gasteiger charge is -2.22. The Bertz CT molecular complexity index is 1020. The van der Waals surface area contributed by atoms with E-state index in [1.165, 1.54) is 13.2 Å². The molecule has 144 valence electrons. The number of aryl methyl sites for hydroxylation is 1. The molecule has 1 aromatic heterocycles. The average molecular weight is 381 g/mol. The molecule has 1 saturated heterocycles. The predicted molar refractivity (Wildman–Crippen MR) is 99.9 cm³/mol. The second-order valence-corrected chi connectivity index (χ2v) is 6.82. The molecule has 0 N–H and O–H groups in total. The third-order valence-electron chi connectivity index (χ3n) is 5.01. The number of hydrogen-bond acceptors (Lipinski definition) is 5. The Labute approximate surface area is 161 Å². The summed E-state index contributed by atoms with van der Waals surface area (Å²) < 4.78 is 24.4. The maximum Gasteiger partial charge on any atom is 0.249 e. The van der Waals surface area contributed by atoms with Gasteiger partial charge in [0.15, 0.2) is 11.6 Å². The number of aromatic nitrogens is 2. The summed E-state index contributed by atoms with van der Waals surface area (Å²) in [6.45, 7) is 2.25. The molecule has 0 aliphatic carbocycles. The SMILES string of the molecule is COc1ccc(CN2C(=O)CCC2c2nc(-c3ccccc3C)no2)cc1F. The van der Waals surface area contributed by atoms with Crippen molar-refractivity contribution in [2.24, 2.45) is 0 Å². The lowest BCUT2D eigenvalue weighted by molar-refractivity contribution is -0.130. The van der Waals surface area contributed by atoms with Gasteiger partial charge in [-0.3, -0.25) is 4.79 Å². The third-order valence-corrected chi connectivity index (χ3v) is 5.01. The van der Waals surface area contributed by atoms with E-state index in [0.717, 1.165) is 11.1 Å². The van der Waals surface area contributed by atoms with Crippen molar-refractivity contribution in [3.63, 3.8) is 0 Å². The van der Waals surface area contributed by atoms with Crippen molar-refractivity contribution in [1.82, 2.24) is 15.0 Å². The maximum atomic E-state index is 14.0. The molecule has 1 unspecified atom stereocenters. The van der Waals surface area contributed by atoms with Gasteiger partial charge in [0.25, 0.3) is 0 Å². The van der Waals surface area contributed by atoms with Gasteiger partial charge in [-0.15, -0.1) is 0 Å². The molecule has 2 heterocycles. The van der Waals surface area contributed by atoms with E-state index in [-0.39, 0.29) is 24.2 Å². The molecule has 4 rings (SSSR count). The van der Waals surface area contributed by atoms with Crippen LogP contribution in [0, 0.1) is 12.7 Å². The minimum Gasteiger partial charge on any atom is -0.494 e. The van der Waals surface area contributed by atoms with Gasteiger partial charge >= 0.3 is 0 Å². The fourth-order valence-corrected chi connectivity index (χ4v) is 3.50. The Morgan fingerprint density at radius 2 is 2.11 bits per heavy atom. The first kappa shape index (κ1) is 18.2. The Hall–Kier alpha value is -3.22. The molecule has 0 bridgehead atoms. The number of hydrogen-bond donors (Lipinski definition) is 0. The summed E-state index contributed by atoms with van der Waals surface area (Å²) in [5, 5.41) is 4.09. The van der Waals surface area contributed by atoms with Crippen molar-refractivity contribution >= 4 is 5.91 Å². The summed E-state index contributed by atoms with van der Waals surface area (Å²) in [4.78, 5) is 18.6. The van der Waals surface area contributed by atoms with Crippen molar-refractivity contribution in [2.75, 3.05) is 7.11 Å². The number of benzene rings is 2. The fraction of sp³-hybridized carbons (Fsp3) is 0.286. The number of carbonyl (C=O) groups is 1. The molecular formula is C21H20FN3O3. The maximum absolute atomic E-state index is 14.0. The predicted octanol–water partition coefficient (Wildman–Crippen LogP) is 4.06. The van der Waals surface area contributed by atoms with Crippen molar-refractivity contribution < 1.29 is 18.4 Å². The number of methoxy groups -OCH3 is 1. The molecule has 0 saturated carbocycles. The van der Waals surface area contributed by atoms with Crippen LogP contribution in [-0.2, 0) is 11.3 Å². The average Bonchev–Trinajstić information content (AvgIpc) is 3.30. The summed E-state index contributed by atoms with van der Waals surface area (Å²) >= 11 is 0. The molecule has 1 aliphatic rings. The summed E-state index contributed by atoms with van der Waals surface area (Å²) in [6, 6.07) is 12.2. The van der Waals surface area contributed by atoms with E-state index in [0.29, 0.717) is 30.1 Å². The summed E-state index contributed by atoms with van der Waals surface area (Å²) in [6.07, 6.45) is 0.984. The van der Waals surface area contributed by atoms with Gasteiger partial charge in [0, 0.05) is 18.5 Å². The zero-order chi connectivity index (χ0) is 19.7. The van der Waals surface area contributed by atoms with Gasteiger partial charge in [-0.2, -0.15) is 4.98 Å². The molecule has 2 aromatic carbocycles. The number of carbonyl (C=O) groups excluding carboxylic acids is 1. The molecule has 1 amide bonds. The number of likely N-dealkylation sites (tertiary alicyclic amines) is 1. The van der Waals surface area contributed by atoms with Gasteiger partial charge in [0.05, 0.1) is 7.11 Å². The first-order valence-corrected chi connectivity index (χ1v) is 9.08. The van der Waals surface area contributed by atoms with Crippen molar-refractivity contribution in [3.05, 3.63) is 65.3 Å². The monoisotopic (exact) mass is 381 g/mol. The third kappa shape index (κ3) is 3.35. The normalized spacial score (nSPS) is 16.6. The number of amides is 1. The lowest BCUT2D eigenvalue weighted by Crippen LogP contribution is -2.27. The lowest BCUT2D eigenvalue weighted by atomic mass is 10.1. The molecular weight excluding hydrogens is 361 g/mol. The topological polar surface area (TPSA) is 68.5 Å². The standard InChI is InChI=1S/C21H20FN3O3/c1-13-5-3-4-6-15(13)20-23-21(28-24-20)17-8-10-19(26)25(17)12-14-7-9-18(27-2)16(22)11-14/h3-7,9,11,17H,8,10,12H2,1-2H3. The van der Waals surface area contributed by atoms with E-state index in [2.05, 4.69) is 10.1 Å². The van der Waals surface area contributed by atoms with E-state index >= 15 is 0 Å². The highest BCUT2D eigenvalue weighted by Gasteiger charge is 2.36. The summed E-state index contributed by atoms with van der Waals surface area (Å²) in [5.41, 5.74) is 2.62. The van der Waals surface area contributed by atoms with E-state index < -0.39 is 5.82 Å².